The van der Waals surface area contributed by atoms with Crippen molar-refractivity contribution in [2.75, 3.05) is 21.3 Å². The summed E-state index contributed by atoms with van der Waals surface area (Å²) in [7, 11) is 4.20. The van der Waals surface area contributed by atoms with Crippen molar-refractivity contribution in [2.45, 2.75) is 32.3 Å². The molecule has 0 aliphatic carbocycles. The van der Waals surface area contributed by atoms with Crippen molar-refractivity contribution in [2.24, 2.45) is 0 Å². The van der Waals surface area contributed by atoms with Crippen LogP contribution < -0.4 is 9.47 Å². The van der Waals surface area contributed by atoms with Gasteiger partial charge >= 0.3 is 5.97 Å². The lowest BCUT2D eigenvalue weighted by molar-refractivity contribution is -0.150. The third-order valence-electron chi connectivity index (χ3n) is 3.09. The van der Waals surface area contributed by atoms with E-state index in [2.05, 4.69) is 4.74 Å². The first-order valence-electron chi connectivity index (χ1n) is 6.28. The molecule has 20 heavy (non-hydrogen) atoms. The molecular weight excluding hydrogens is 260 g/mol. The molecule has 1 rings (SSSR count). The minimum atomic E-state index is -1.41. The molecule has 0 radical (unpaired) electrons. The number of hydrogen-bond donors (Lipinski definition) is 1. The summed E-state index contributed by atoms with van der Waals surface area (Å²) in [6.07, 6.45) is -1.41. The Morgan fingerprint density at radius 2 is 1.75 bits per heavy atom. The van der Waals surface area contributed by atoms with E-state index in [1.807, 2.05) is 26.8 Å². The third-order valence-corrected chi connectivity index (χ3v) is 3.09. The largest absolute Gasteiger partial charge is 0.493 e. The van der Waals surface area contributed by atoms with Gasteiger partial charge in [0.15, 0.2) is 17.6 Å². The van der Waals surface area contributed by atoms with Crippen molar-refractivity contribution >= 4 is 5.97 Å². The minimum Gasteiger partial charge on any atom is -0.493 e. The smallest absolute Gasteiger partial charge is 0.339 e. The quantitative estimate of drug-likeness (QED) is 0.858. The van der Waals surface area contributed by atoms with Gasteiger partial charge in [-0.05, 0) is 23.1 Å². The van der Waals surface area contributed by atoms with Crippen molar-refractivity contribution in [1.29, 1.82) is 0 Å². The Morgan fingerprint density at radius 3 is 2.15 bits per heavy atom. The van der Waals surface area contributed by atoms with Crippen LogP contribution in [0.1, 0.15) is 38.0 Å². The maximum absolute atomic E-state index is 11.6. The minimum absolute atomic E-state index is 0.163. The van der Waals surface area contributed by atoms with E-state index in [4.69, 9.17) is 9.47 Å². The monoisotopic (exact) mass is 282 g/mol. The highest BCUT2D eigenvalue weighted by atomic mass is 16.5. The van der Waals surface area contributed by atoms with E-state index in [-0.39, 0.29) is 5.41 Å². The molecule has 0 amide bonds. The maximum atomic E-state index is 11.6. The van der Waals surface area contributed by atoms with E-state index in [0.717, 1.165) is 5.56 Å². The molecule has 0 saturated heterocycles. The Labute approximate surface area is 119 Å². The third kappa shape index (κ3) is 3.22. The van der Waals surface area contributed by atoms with Crippen LogP contribution in [0.5, 0.6) is 11.5 Å². The lowest BCUT2D eigenvalue weighted by Crippen LogP contribution is -2.18. The van der Waals surface area contributed by atoms with Crippen molar-refractivity contribution in [3.8, 4) is 11.5 Å². The van der Waals surface area contributed by atoms with Gasteiger partial charge in [0.2, 0.25) is 0 Å². The number of aliphatic hydroxyl groups excluding tert-OH is 1. The molecule has 0 aromatic heterocycles. The van der Waals surface area contributed by atoms with Gasteiger partial charge in [-0.2, -0.15) is 0 Å². The van der Waals surface area contributed by atoms with Gasteiger partial charge in [0.1, 0.15) is 0 Å². The van der Waals surface area contributed by atoms with Gasteiger partial charge < -0.3 is 19.3 Å². The average Bonchev–Trinajstić information content (AvgIpc) is 2.42. The summed E-state index contributed by atoms with van der Waals surface area (Å²) in [5.41, 5.74) is 1.10. The molecule has 1 aromatic rings. The highest BCUT2D eigenvalue weighted by Crippen LogP contribution is 2.39. The molecule has 1 unspecified atom stereocenters. The van der Waals surface area contributed by atoms with Crippen LogP contribution in [0, 0.1) is 0 Å². The summed E-state index contributed by atoms with van der Waals surface area (Å²) in [6.45, 7) is 6.09. The molecule has 0 aliphatic rings. The fourth-order valence-corrected chi connectivity index (χ4v) is 1.87. The van der Waals surface area contributed by atoms with Gasteiger partial charge in [-0.15, -0.1) is 0 Å². The van der Waals surface area contributed by atoms with E-state index in [1.165, 1.54) is 21.3 Å². The molecule has 5 heteroatoms. The molecule has 1 atom stereocenters. The molecule has 0 bridgehead atoms. The van der Waals surface area contributed by atoms with Gasteiger partial charge in [0.05, 0.1) is 21.3 Å². The molecule has 0 aliphatic heterocycles. The van der Waals surface area contributed by atoms with Crippen LogP contribution in [0.4, 0.5) is 0 Å². The molecule has 1 N–H and O–H groups in total. The van der Waals surface area contributed by atoms with Crippen LogP contribution in [-0.4, -0.2) is 32.4 Å². The average molecular weight is 282 g/mol. The van der Waals surface area contributed by atoms with Gasteiger partial charge in [-0.3, -0.25) is 0 Å². The molecule has 0 heterocycles. The maximum Gasteiger partial charge on any atom is 0.339 e. The number of carbonyl (C=O) groups excluding carboxylic acids is 1. The van der Waals surface area contributed by atoms with Crippen molar-refractivity contribution in [3.05, 3.63) is 23.3 Å². The summed E-state index contributed by atoms with van der Waals surface area (Å²) in [4.78, 5) is 11.6. The van der Waals surface area contributed by atoms with Gasteiger partial charge in [0.25, 0.3) is 0 Å². The van der Waals surface area contributed by atoms with Crippen molar-refractivity contribution in [1.82, 2.24) is 0 Å². The highest BCUT2D eigenvalue weighted by Gasteiger charge is 2.27. The van der Waals surface area contributed by atoms with E-state index in [9.17, 15) is 9.90 Å². The van der Waals surface area contributed by atoms with Gasteiger partial charge in [-0.25, -0.2) is 4.79 Å². The Kier molecular flexibility index (Phi) is 5.00. The summed E-state index contributed by atoms with van der Waals surface area (Å²) in [5, 5.41) is 10.1. The van der Waals surface area contributed by atoms with Crippen LogP contribution >= 0.6 is 0 Å². The lowest BCUT2D eigenvalue weighted by Gasteiger charge is -2.24. The van der Waals surface area contributed by atoms with Crippen LogP contribution in [-0.2, 0) is 14.9 Å². The first kappa shape index (κ1) is 16.3. The fraction of sp³-hybridized carbons (Fsp3) is 0.533. The summed E-state index contributed by atoms with van der Waals surface area (Å²) < 4.78 is 15.1. The second-order valence-electron chi connectivity index (χ2n) is 5.48. The van der Waals surface area contributed by atoms with E-state index < -0.39 is 12.1 Å². The molecule has 5 nitrogen and oxygen atoms in total. The van der Waals surface area contributed by atoms with E-state index >= 15 is 0 Å². The standard InChI is InChI=1S/C15H22O5/c1-15(2,3)9-7-10(12(16)14(17)20-6)13(19-5)11(8-9)18-4/h7-8,12,16H,1-6H3. The Bertz CT molecular complexity index is 488. The highest BCUT2D eigenvalue weighted by molar-refractivity contribution is 5.78. The predicted molar refractivity (Wildman–Crippen MR) is 75.2 cm³/mol. The molecular formula is C15H22O5. The molecule has 112 valence electrons. The number of rotatable bonds is 4. The summed E-state index contributed by atoms with van der Waals surface area (Å²) in [6, 6.07) is 3.58. The number of aliphatic hydroxyl groups is 1. The zero-order valence-electron chi connectivity index (χ0n) is 12.8. The second kappa shape index (κ2) is 6.13. The topological polar surface area (TPSA) is 65.0 Å². The fourth-order valence-electron chi connectivity index (χ4n) is 1.87. The number of hydrogen-bond acceptors (Lipinski definition) is 5. The molecule has 0 saturated carbocycles. The lowest BCUT2D eigenvalue weighted by atomic mass is 9.85. The van der Waals surface area contributed by atoms with Crippen LogP contribution in [0.25, 0.3) is 0 Å². The molecule has 0 fully saturated rings. The van der Waals surface area contributed by atoms with E-state index in [1.54, 1.807) is 6.07 Å². The summed E-state index contributed by atoms with van der Waals surface area (Å²) in [5.74, 6) is 0.0627. The number of esters is 1. The molecule has 0 spiro atoms. The molecule has 1 aromatic carbocycles. The SMILES string of the molecule is COC(=O)C(O)c1cc(C(C)(C)C)cc(OC)c1OC. The Morgan fingerprint density at radius 1 is 1.15 bits per heavy atom. The van der Waals surface area contributed by atoms with E-state index in [0.29, 0.717) is 17.1 Å². The number of methoxy groups -OCH3 is 3. The number of carbonyl (C=O) groups is 1. The van der Waals surface area contributed by atoms with Crippen LogP contribution in [0.15, 0.2) is 12.1 Å². The zero-order chi connectivity index (χ0) is 15.5. The first-order valence-corrected chi connectivity index (χ1v) is 6.28. The van der Waals surface area contributed by atoms with Crippen LogP contribution in [0.3, 0.4) is 0 Å². The van der Waals surface area contributed by atoms with Crippen LogP contribution in [0.2, 0.25) is 0 Å². The van der Waals surface area contributed by atoms with Gasteiger partial charge in [-0.1, -0.05) is 20.8 Å². The Hall–Kier alpha value is -1.75. The normalized spacial score (nSPS) is 12.8. The zero-order valence-corrected chi connectivity index (χ0v) is 12.8. The van der Waals surface area contributed by atoms with Crippen molar-refractivity contribution < 1.29 is 24.1 Å². The van der Waals surface area contributed by atoms with Crippen molar-refractivity contribution in [3.63, 3.8) is 0 Å². The first-order chi connectivity index (χ1) is 9.26. The Balaban J connectivity index is 3.50. The number of ether oxygens (including phenoxy) is 3. The predicted octanol–water partition coefficient (Wildman–Crippen LogP) is 2.21. The summed E-state index contributed by atoms with van der Waals surface area (Å²) >= 11 is 0. The van der Waals surface area contributed by atoms with Gasteiger partial charge in [0, 0.05) is 5.56 Å². The second-order valence-corrected chi connectivity index (χ2v) is 5.48. The number of benzene rings is 1.